The molecule has 0 unspecified atom stereocenters. The summed E-state index contributed by atoms with van der Waals surface area (Å²) in [6.45, 7) is -0.224. The topological polar surface area (TPSA) is 114 Å². The van der Waals surface area contributed by atoms with Gasteiger partial charge in [0.05, 0.1) is 17.0 Å². The Morgan fingerprint density at radius 3 is 2.75 bits per heavy atom. The van der Waals surface area contributed by atoms with Crippen LogP contribution in [0.3, 0.4) is 0 Å². The molecule has 1 saturated carbocycles. The Morgan fingerprint density at radius 2 is 2.04 bits per heavy atom. The minimum atomic E-state index is -0.526. The molecule has 0 spiro atoms. The number of carbonyl (C=O) groups is 1. The van der Waals surface area contributed by atoms with Gasteiger partial charge in [0.25, 0.3) is 11.5 Å². The maximum absolute atomic E-state index is 12.7. The molecule has 4 rings (SSSR count). The van der Waals surface area contributed by atoms with E-state index in [-0.39, 0.29) is 29.8 Å². The maximum atomic E-state index is 12.7. The molecule has 28 heavy (non-hydrogen) atoms. The van der Waals surface area contributed by atoms with E-state index in [2.05, 4.69) is 10.4 Å². The third-order valence-corrected chi connectivity index (χ3v) is 5.32. The molecule has 1 fully saturated rings. The van der Waals surface area contributed by atoms with Crippen molar-refractivity contribution in [3.63, 3.8) is 0 Å². The average Bonchev–Trinajstić information content (AvgIpc) is 3.03. The number of aromatic nitrogens is 4. The third kappa shape index (κ3) is 2.87. The van der Waals surface area contributed by atoms with E-state index in [1.54, 1.807) is 18.2 Å². The molecule has 1 amide bonds. The van der Waals surface area contributed by atoms with Crippen molar-refractivity contribution in [1.29, 1.82) is 5.26 Å². The lowest BCUT2D eigenvalue weighted by atomic mass is 9.95. The van der Waals surface area contributed by atoms with Gasteiger partial charge in [0, 0.05) is 18.7 Å². The molecule has 144 valence electrons. The van der Waals surface area contributed by atoms with Crippen LogP contribution in [0.2, 0.25) is 0 Å². The normalized spacial score (nSPS) is 15.0. The second-order valence-corrected chi connectivity index (χ2v) is 7.14. The second-order valence-electron chi connectivity index (χ2n) is 7.14. The van der Waals surface area contributed by atoms with Gasteiger partial charge in [0.15, 0.2) is 0 Å². The number of carbonyl (C=O) groups excluding carboxylic acids is 1. The van der Waals surface area contributed by atoms with Crippen LogP contribution in [0, 0.1) is 11.3 Å². The summed E-state index contributed by atoms with van der Waals surface area (Å²) in [5, 5.41) is 16.3. The van der Waals surface area contributed by atoms with Crippen LogP contribution in [-0.4, -0.2) is 30.7 Å². The summed E-state index contributed by atoms with van der Waals surface area (Å²) in [5.41, 5.74) is -0.158. The van der Waals surface area contributed by atoms with E-state index in [0.717, 1.165) is 30.4 Å². The second kappa shape index (κ2) is 6.96. The summed E-state index contributed by atoms with van der Waals surface area (Å²) < 4.78 is 3.54. The number of aryl methyl sites for hydroxylation is 1. The number of nitrogens with zero attached hydrogens (tertiary/aromatic N) is 5. The Hall–Kier alpha value is -3.41. The van der Waals surface area contributed by atoms with Crippen molar-refractivity contribution in [2.24, 2.45) is 7.05 Å². The predicted molar refractivity (Wildman–Crippen MR) is 102 cm³/mol. The summed E-state index contributed by atoms with van der Waals surface area (Å²) >= 11 is 0. The molecule has 1 aliphatic rings. The van der Waals surface area contributed by atoms with E-state index < -0.39 is 5.69 Å². The zero-order valence-corrected chi connectivity index (χ0v) is 15.5. The van der Waals surface area contributed by atoms with E-state index in [4.69, 9.17) is 5.26 Å². The molecule has 2 heterocycles. The maximum Gasteiger partial charge on any atom is 0.353 e. The highest BCUT2D eigenvalue weighted by atomic mass is 16.2. The van der Waals surface area contributed by atoms with Gasteiger partial charge < -0.3 is 5.32 Å². The number of hydrogen-bond acceptors (Lipinski definition) is 5. The van der Waals surface area contributed by atoms with Crippen LogP contribution in [-0.2, 0) is 13.6 Å². The van der Waals surface area contributed by atoms with E-state index in [9.17, 15) is 14.4 Å². The quantitative estimate of drug-likeness (QED) is 0.726. The molecule has 9 nitrogen and oxygen atoms in total. The largest absolute Gasteiger partial charge is 0.353 e. The number of nitriles is 1. The Morgan fingerprint density at radius 1 is 1.29 bits per heavy atom. The molecule has 0 atom stereocenters. The summed E-state index contributed by atoms with van der Waals surface area (Å²) in [5.74, 6) is -0.0947. The number of fused-ring (bicyclic) bond motifs is 3. The first kappa shape index (κ1) is 18.0. The highest BCUT2D eigenvalue weighted by molar-refractivity contribution is 5.98. The van der Waals surface area contributed by atoms with Crippen molar-refractivity contribution in [2.45, 2.75) is 44.7 Å². The zero-order chi connectivity index (χ0) is 19.8. The molecule has 1 aliphatic carbocycles. The molecule has 0 saturated heterocycles. The molecule has 0 bridgehead atoms. The van der Waals surface area contributed by atoms with Crippen LogP contribution in [0.1, 0.15) is 42.5 Å². The molecular weight excluding hydrogens is 360 g/mol. The number of rotatable bonds is 3. The summed E-state index contributed by atoms with van der Waals surface area (Å²) in [4.78, 5) is 38.0. The first-order valence-electron chi connectivity index (χ1n) is 9.31. The SMILES string of the molecule is Cn1c(=O)c2ccc(C(=O)NC3CCCCC3)cc2n2c(=O)n(CC#N)nc12. The Kier molecular flexibility index (Phi) is 4.47. The monoisotopic (exact) mass is 380 g/mol. The average molecular weight is 380 g/mol. The number of amides is 1. The van der Waals surface area contributed by atoms with Crippen molar-refractivity contribution in [3.8, 4) is 6.07 Å². The van der Waals surface area contributed by atoms with Crippen LogP contribution in [0.15, 0.2) is 27.8 Å². The van der Waals surface area contributed by atoms with Crippen molar-refractivity contribution < 1.29 is 4.79 Å². The standard InChI is InChI=1S/C19H20N6O3/c1-23-17(27)14-8-7-12(16(26)21-13-5-3-2-4-6-13)11-15(14)25-18(23)22-24(10-9-20)19(25)28/h7-8,11,13H,2-6,10H2,1H3,(H,21,26). The van der Waals surface area contributed by atoms with E-state index in [1.165, 1.54) is 22.4 Å². The van der Waals surface area contributed by atoms with Crippen LogP contribution in [0.5, 0.6) is 0 Å². The van der Waals surface area contributed by atoms with Gasteiger partial charge in [0.1, 0.15) is 6.54 Å². The molecule has 1 aromatic carbocycles. The molecule has 1 N–H and O–H groups in total. The summed E-state index contributed by atoms with van der Waals surface area (Å²) in [7, 11) is 1.52. The van der Waals surface area contributed by atoms with E-state index in [1.807, 2.05) is 6.07 Å². The lowest BCUT2D eigenvalue weighted by molar-refractivity contribution is 0.0928. The fourth-order valence-corrected chi connectivity index (χ4v) is 3.82. The van der Waals surface area contributed by atoms with Gasteiger partial charge in [-0.3, -0.25) is 14.2 Å². The molecule has 0 radical (unpaired) electrons. The van der Waals surface area contributed by atoms with Gasteiger partial charge in [-0.05, 0) is 31.0 Å². The van der Waals surface area contributed by atoms with Gasteiger partial charge in [-0.15, -0.1) is 5.10 Å². The zero-order valence-electron chi connectivity index (χ0n) is 15.5. The number of nitrogens with one attached hydrogen (secondary N) is 1. The lowest BCUT2D eigenvalue weighted by Crippen LogP contribution is -2.36. The van der Waals surface area contributed by atoms with E-state index in [0.29, 0.717) is 16.5 Å². The highest BCUT2D eigenvalue weighted by Crippen LogP contribution is 2.19. The molecule has 9 heteroatoms. The predicted octanol–water partition coefficient (Wildman–Crippen LogP) is 0.934. The lowest BCUT2D eigenvalue weighted by Gasteiger charge is -2.22. The summed E-state index contributed by atoms with van der Waals surface area (Å²) in [6.07, 6.45) is 5.33. The number of hydrogen-bond donors (Lipinski definition) is 1. The van der Waals surface area contributed by atoms with Crippen LogP contribution >= 0.6 is 0 Å². The minimum absolute atomic E-state index is 0.127. The smallest absolute Gasteiger partial charge is 0.349 e. The van der Waals surface area contributed by atoms with Gasteiger partial charge in [0.2, 0.25) is 5.78 Å². The van der Waals surface area contributed by atoms with Crippen LogP contribution in [0.4, 0.5) is 0 Å². The van der Waals surface area contributed by atoms with Gasteiger partial charge in [-0.25, -0.2) is 9.20 Å². The minimum Gasteiger partial charge on any atom is -0.349 e. The highest BCUT2D eigenvalue weighted by Gasteiger charge is 2.19. The van der Waals surface area contributed by atoms with Gasteiger partial charge in [-0.1, -0.05) is 19.3 Å². The summed E-state index contributed by atoms with van der Waals surface area (Å²) in [6, 6.07) is 6.73. The Labute approximate surface area is 159 Å². The molecule has 0 aliphatic heterocycles. The van der Waals surface area contributed by atoms with Crippen LogP contribution < -0.4 is 16.6 Å². The number of benzene rings is 1. The first-order valence-corrected chi connectivity index (χ1v) is 9.31. The molecule has 3 aromatic rings. The third-order valence-electron chi connectivity index (χ3n) is 5.32. The first-order chi connectivity index (χ1) is 13.5. The Balaban J connectivity index is 1.86. The van der Waals surface area contributed by atoms with Crippen molar-refractivity contribution in [2.75, 3.05) is 0 Å². The van der Waals surface area contributed by atoms with Gasteiger partial charge in [-0.2, -0.15) is 9.94 Å². The van der Waals surface area contributed by atoms with Crippen molar-refractivity contribution >= 4 is 22.6 Å². The van der Waals surface area contributed by atoms with Gasteiger partial charge >= 0.3 is 5.69 Å². The van der Waals surface area contributed by atoms with Crippen molar-refractivity contribution in [1.82, 2.24) is 24.1 Å². The molecular formula is C19H20N6O3. The fourth-order valence-electron chi connectivity index (χ4n) is 3.82. The molecule has 2 aromatic heterocycles. The Bertz CT molecular complexity index is 1240. The van der Waals surface area contributed by atoms with E-state index >= 15 is 0 Å². The van der Waals surface area contributed by atoms with Crippen LogP contribution in [0.25, 0.3) is 16.7 Å². The van der Waals surface area contributed by atoms with Crippen molar-refractivity contribution in [3.05, 3.63) is 44.6 Å². The fraction of sp³-hybridized carbons (Fsp3) is 0.421.